The average Bonchev–Trinajstić information content (AvgIpc) is 2.51. The molecule has 1 N–H and O–H groups in total. The zero-order chi connectivity index (χ0) is 16.9. The van der Waals surface area contributed by atoms with Crippen LogP contribution in [-0.2, 0) is 0 Å². The van der Waals surface area contributed by atoms with Crippen LogP contribution in [0.15, 0.2) is 48.5 Å². The van der Waals surface area contributed by atoms with Crippen molar-refractivity contribution in [2.75, 3.05) is 6.61 Å². The summed E-state index contributed by atoms with van der Waals surface area (Å²) >= 11 is 0. The SMILES string of the molecule is O=C(O)c1ccc(-c2ccc(OCCCC(F)(F)F)cc2)cc1. The van der Waals surface area contributed by atoms with Crippen molar-refractivity contribution in [1.82, 2.24) is 0 Å². The fourth-order valence-electron chi connectivity index (χ4n) is 2.01. The Morgan fingerprint density at radius 1 is 0.957 bits per heavy atom. The van der Waals surface area contributed by atoms with Gasteiger partial charge in [-0.15, -0.1) is 0 Å². The summed E-state index contributed by atoms with van der Waals surface area (Å²) in [5, 5.41) is 8.85. The summed E-state index contributed by atoms with van der Waals surface area (Å²) in [6, 6.07) is 13.3. The maximum Gasteiger partial charge on any atom is 0.389 e. The molecular formula is C17H15F3O3. The molecule has 0 amide bonds. The van der Waals surface area contributed by atoms with Crippen LogP contribution in [0.25, 0.3) is 11.1 Å². The Morgan fingerprint density at radius 2 is 1.48 bits per heavy atom. The number of carbonyl (C=O) groups is 1. The highest BCUT2D eigenvalue weighted by molar-refractivity contribution is 5.88. The monoisotopic (exact) mass is 324 g/mol. The third-order valence-corrected chi connectivity index (χ3v) is 3.19. The topological polar surface area (TPSA) is 46.5 Å². The van der Waals surface area contributed by atoms with Gasteiger partial charge in [-0.25, -0.2) is 4.79 Å². The Hall–Kier alpha value is -2.50. The largest absolute Gasteiger partial charge is 0.494 e. The molecule has 0 saturated heterocycles. The minimum absolute atomic E-state index is 0.00612. The first-order valence-electron chi connectivity index (χ1n) is 6.98. The number of alkyl halides is 3. The van der Waals surface area contributed by atoms with Crippen molar-refractivity contribution < 1.29 is 27.8 Å². The first kappa shape index (κ1) is 16.9. The summed E-state index contributed by atoms with van der Waals surface area (Å²) in [6.45, 7) is 0.00612. The zero-order valence-corrected chi connectivity index (χ0v) is 12.1. The van der Waals surface area contributed by atoms with Crippen LogP contribution in [-0.4, -0.2) is 23.9 Å². The second kappa shape index (κ2) is 7.17. The van der Waals surface area contributed by atoms with Crippen molar-refractivity contribution in [1.29, 1.82) is 0 Å². The van der Waals surface area contributed by atoms with Gasteiger partial charge in [-0.2, -0.15) is 13.2 Å². The van der Waals surface area contributed by atoms with Gasteiger partial charge in [-0.1, -0.05) is 24.3 Å². The van der Waals surface area contributed by atoms with Gasteiger partial charge in [0.2, 0.25) is 0 Å². The number of hydrogen-bond acceptors (Lipinski definition) is 2. The first-order chi connectivity index (χ1) is 10.8. The van der Waals surface area contributed by atoms with Crippen molar-refractivity contribution in [3.05, 3.63) is 54.1 Å². The van der Waals surface area contributed by atoms with Crippen molar-refractivity contribution in [2.24, 2.45) is 0 Å². The Morgan fingerprint density at radius 3 is 1.96 bits per heavy atom. The zero-order valence-electron chi connectivity index (χ0n) is 12.1. The Labute approximate surface area is 131 Å². The molecule has 0 aliphatic heterocycles. The van der Waals surface area contributed by atoms with E-state index in [0.29, 0.717) is 5.75 Å². The number of carboxylic acid groups (broad SMARTS) is 1. The van der Waals surface area contributed by atoms with Crippen molar-refractivity contribution >= 4 is 5.97 Å². The molecule has 0 atom stereocenters. The maximum absolute atomic E-state index is 12.0. The van der Waals surface area contributed by atoms with Crippen molar-refractivity contribution in [3.63, 3.8) is 0 Å². The Kier molecular flexibility index (Phi) is 5.26. The van der Waals surface area contributed by atoms with Crippen LogP contribution in [0, 0.1) is 0 Å². The number of carboxylic acids is 1. The molecular weight excluding hydrogens is 309 g/mol. The summed E-state index contributed by atoms with van der Waals surface area (Å²) in [7, 11) is 0. The van der Waals surface area contributed by atoms with E-state index in [-0.39, 0.29) is 18.6 Å². The highest BCUT2D eigenvalue weighted by Gasteiger charge is 2.26. The molecule has 0 fully saturated rings. The molecule has 0 aliphatic rings. The van der Waals surface area contributed by atoms with Crippen LogP contribution >= 0.6 is 0 Å². The molecule has 0 aromatic heterocycles. The fourth-order valence-corrected chi connectivity index (χ4v) is 2.01. The summed E-state index contributed by atoms with van der Waals surface area (Å²) in [5.74, 6) is -0.489. The van der Waals surface area contributed by atoms with E-state index in [1.807, 2.05) is 0 Å². The molecule has 2 aromatic rings. The highest BCUT2D eigenvalue weighted by Crippen LogP contribution is 2.24. The third kappa shape index (κ3) is 5.32. The number of rotatable bonds is 6. The minimum Gasteiger partial charge on any atom is -0.494 e. The predicted octanol–water partition coefficient (Wildman–Crippen LogP) is 4.77. The minimum atomic E-state index is -4.16. The van der Waals surface area contributed by atoms with Crippen LogP contribution < -0.4 is 4.74 Å². The molecule has 2 rings (SSSR count). The number of aromatic carboxylic acids is 1. The molecule has 0 aliphatic carbocycles. The van der Waals surface area contributed by atoms with Crippen LogP contribution in [0.1, 0.15) is 23.2 Å². The second-order valence-corrected chi connectivity index (χ2v) is 4.97. The number of ether oxygens (including phenoxy) is 1. The van der Waals surface area contributed by atoms with Crippen LogP contribution in [0.2, 0.25) is 0 Å². The lowest BCUT2D eigenvalue weighted by atomic mass is 10.0. The van der Waals surface area contributed by atoms with Gasteiger partial charge in [0.1, 0.15) is 5.75 Å². The van der Waals surface area contributed by atoms with E-state index in [1.54, 1.807) is 36.4 Å². The molecule has 6 heteroatoms. The van der Waals surface area contributed by atoms with Crippen molar-refractivity contribution in [2.45, 2.75) is 19.0 Å². The number of hydrogen-bond donors (Lipinski definition) is 1. The van der Waals surface area contributed by atoms with Gasteiger partial charge in [0, 0.05) is 6.42 Å². The van der Waals surface area contributed by atoms with E-state index in [9.17, 15) is 18.0 Å². The van der Waals surface area contributed by atoms with Gasteiger partial charge < -0.3 is 9.84 Å². The summed E-state index contributed by atoms with van der Waals surface area (Å²) < 4.78 is 41.3. The molecule has 0 radical (unpaired) electrons. The van der Waals surface area contributed by atoms with E-state index < -0.39 is 18.6 Å². The quantitative estimate of drug-likeness (QED) is 0.778. The average molecular weight is 324 g/mol. The van der Waals surface area contributed by atoms with E-state index in [4.69, 9.17) is 9.84 Å². The molecule has 122 valence electrons. The normalized spacial score (nSPS) is 11.3. The summed E-state index contributed by atoms with van der Waals surface area (Å²) in [4.78, 5) is 10.8. The van der Waals surface area contributed by atoms with Gasteiger partial charge in [0.05, 0.1) is 12.2 Å². The third-order valence-electron chi connectivity index (χ3n) is 3.19. The van der Waals surface area contributed by atoms with Gasteiger partial charge in [0.15, 0.2) is 0 Å². The lowest BCUT2D eigenvalue weighted by molar-refractivity contribution is -0.136. The van der Waals surface area contributed by atoms with E-state index in [2.05, 4.69) is 0 Å². The molecule has 0 spiro atoms. The lowest BCUT2D eigenvalue weighted by Crippen LogP contribution is -2.09. The predicted molar refractivity (Wildman–Crippen MR) is 79.6 cm³/mol. The van der Waals surface area contributed by atoms with Crippen LogP contribution in [0.3, 0.4) is 0 Å². The summed E-state index contributed by atoms with van der Waals surface area (Å²) in [5.41, 5.74) is 1.92. The highest BCUT2D eigenvalue weighted by atomic mass is 19.4. The molecule has 0 heterocycles. The fraction of sp³-hybridized carbons (Fsp3) is 0.235. The van der Waals surface area contributed by atoms with Crippen LogP contribution in [0.4, 0.5) is 13.2 Å². The molecule has 0 bridgehead atoms. The van der Waals surface area contributed by atoms with Crippen LogP contribution in [0.5, 0.6) is 5.75 Å². The second-order valence-electron chi connectivity index (χ2n) is 4.97. The molecule has 0 unspecified atom stereocenters. The molecule has 2 aromatic carbocycles. The Balaban J connectivity index is 1.92. The summed E-state index contributed by atoms with van der Waals surface area (Å²) in [6.07, 6.45) is -5.10. The number of benzene rings is 2. The smallest absolute Gasteiger partial charge is 0.389 e. The first-order valence-corrected chi connectivity index (χ1v) is 6.98. The lowest BCUT2D eigenvalue weighted by Gasteiger charge is -2.09. The van der Waals surface area contributed by atoms with E-state index in [1.165, 1.54) is 12.1 Å². The molecule has 3 nitrogen and oxygen atoms in total. The molecule has 23 heavy (non-hydrogen) atoms. The van der Waals surface area contributed by atoms with Gasteiger partial charge in [0.25, 0.3) is 0 Å². The van der Waals surface area contributed by atoms with Gasteiger partial charge in [-0.3, -0.25) is 0 Å². The molecule has 0 saturated carbocycles. The number of halogens is 3. The van der Waals surface area contributed by atoms with Gasteiger partial charge >= 0.3 is 12.1 Å². The van der Waals surface area contributed by atoms with E-state index in [0.717, 1.165) is 11.1 Å². The standard InChI is InChI=1S/C17H15F3O3/c18-17(19,20)10-1-11-23-15-8-6-13(7-9-15)12-2-4-14(5-3-12)16(21)22/h2-9H,1,10-11H2,(H,21,22). The Bertz CT molecular complexity index is 646. The van der Waals surface area contributed by atoms with Gasteiger partial charge in [-0.05, 0) is 41.8 Å². The van der Waals surface area contributed by atoms with Crippen molar-refractivity contribution in [3.8, 4) is 16.9 Å². The maximum atomic E-state index is 12.0. The van der Waals surface area contributed by atoms with E-state index >= 15 is 0 Å².